The molecule has 0 amide bonds. The SMILES string of the molecule is O=[N+]([O-])c1cccc(S(=O)(=O)Nc2ccc(F)nc2)c1. The maximum atomic E-state index is 12.6. The molecular weight excluding hydrogens is 289 g/mol. The van der Waals surface area contributed by atoms with Crippen molar-refractivity contribution in [2.45, 2.75) is 4.90 Å². The number of non-ortho nitro benzene ring substituents is 1. The standard InChI is InChI=1S/C11H8FN3O4S/c12-11-5-4-8(7-13-11)14-20(18,19)10-3-1-2-9(6-10)15(16)17/h1-7,14H. The molecule has 1 heterocycles. The number of hydrogen-bond acceptors (Lipinski definition) is 5. The number of halogens is 1. The average molecular weight is 297 g/mol. The first-order valence-corrected chi connectivity index (χ1v) is 6.76. The van der Waals surface area contributed by atoms with Gasteiger partial charge in [0.15, 0.2) is 0 Å². The first kappa shape index (κ1) is 13.9. The minimum Gasteiger partial charge on any atom is -0.278 e. The lowest BCUT2D eigenvalue weighted by Crippen LogP contribution is -2.13. The Kier molecular flexibility index (Phi) is 3.61. The smallest absolute Gasteiger partial charge is 0.270 e. The summed E-state index contributed by atoms with van der Waals surface area (Å²) >= 11 is 0. The van der Waals surface area contributed by atoms with Crippen LogP contribution in [-0.4, -0.2) is 18.3 Å². The lowest BCUT2D eigenvalue weighted by Gasteiger charge is -2.07. The number of hydrogen-bond donors (Lipinski definition) is 1. The van der Waals surface area contributed by atoms with Crippen LogP contribution in [0, 0.1) is 16.1 Å². The second-order valence-electron chi connectivity index (χ2n) is 3.73. The van der Waals surface area contributed by atoms with Crippen LogP contribution in [0.25, 0.3) is 0 Å². The van der Waals surface area contributed by atoms with Gasteiger partial charge in [0.1, 0.15) is 0 Å². The second kappa shape index (κ2) is 5.21. The molecule has 0 fully saturated rings. The Bertz CT molecular complexity index is 747. The molecule has 7 nitrogen and oxygen atoms in total. The number of benzene rings is 1. The molecule has 0 saturated heterocycles. The normalized spacial score (nSPS) is 11.1. The molecule has 1 aromatic heterocycles. The highest BCUT2D eigenvalue weighted by atomic mass is 32.2. The molecule has 2 rings (SSSR count). The largest absolute Gasteiger partial charge is 0.278 e. The number of nitro benzene ring substituents is 1. The van der Waals surface area contributed by atoms with Gasteiger partial charge in [-0.1, -0.05) is 6.07 Å². The van der Waals surface area contributed by atoms with E-state index in [2.05, 4.69) is 9.71 Å². The fourth-order valence-corrected chi connectivity index (χ4v) is 2.50. The van der Waals surface area contributed by atoms with Crippen molar-refractivity contribution in [2.24, 2.45) is 0 Å². The van der Waals surface area contributed by atoms with Crippen molar-refractivity contribution in [3.8, 4) is 0 Å². The summed E-state index contributed by atoms with van der Waals surface area (Å²) in [5, 5.41) is 10.6. The van der Waals surface area contributed by atoms with Crippen molar-refractivity contribution in [1.82, 2.24) is 4.98 Å². The van der Waals surface area contributed by atoms with Crippen molar-refractivity contribution >= 4 is 21.4 Å². The number of nitro groups is 1. The third kappa shape index (κ3) is 3.06. The van der Waals surface area contributed by atoms with Gasteiger partial charge in [-0.15, -0.1) is 0 Å². The van der Waals surface area contributed by atoms with E-state index in [0.717, 1.165) is 18.3 Å². The van der Waals surface area contributed by atoms with E-state index in [1.165, 1.54) is 24.3 Å². The number of aromatic nitrogens is 1. The number of pyridine rings is 1. The monoisotopic (exact) mass is 297 g/mol. The van der Waals surface area contributed by atoms with Crippen LogP contribution in [0.15, 0.2) is 47.5 Å². The Morgan fingerprint density at radius 2 is 2.00 bits per heavy atom. The Balaban J connectivity index is 2.33. The number of rotatable bonds is 4. The number of nitrogens with zero attached hydrogens (tertiary/aromatic N) is 2. The van der Waals surface area contributed by atoms with E-state index in [9.17, 15) is 22.9 Å². The van der Waals surface area contributed by atoms with E-state index in [0.29, 0.717) is 0 Å². The Morgan fingerprint density at radius 1 is 1.25 bits per heavy atom. The highest BCUT2D eigenvalue weighted by Crippen LogP contribution is 2.20. The molecule has 1 aromatic carbocycles. The summed E-state index contributed by atoms with van der Waals surface area (Å²) in [6.07, 6.45) is 1.00. The summed E-state index contributed by atoms with van der Waals surface area (Å²) in [4.78, 5) is 13.0. The minimum absolute atomic E-state index is 0.0536. The van der Waals surface area contributed by atoms with Gasteiger partial charge in [0.2, 0.25) is 5.95 Å². The average Bonchev–Trinajstić information content (AvgIpc) is 2.41. The fourth-order valence-electron chi connectivity index (χ4n) is 1.41. The van der Waals surface area contributed by atoms with Crippen LogP contribution >= 0.6 is 0 Å². The molecule has 0 aliphatic heterocycles. The van der Waals surface area contributed by atoms with Crippen molar-refractivity contribution < 1.29 is 17.7 Å². The first-order chi connectivity index (χ1) is 9.38. The van der Waals surface area contributed by atoms with E-state index in [1.54, 1.807) is 0 Å². The van der Waals surface area contributed by atoms with Gasteiger partial charge >= 0.3 is 0 Å². The Morgan fingerprint density at radius 3 is 2.60 bits per heavy atom. The van der Waals surface area contributed by atoms with Crippen LogP contribution in [0.1, 0.15) is 0 Å². The summed E-state index contributed by atoms with van der Waals surface area (Å²) in [6.45, 7) is 0. The number of anilines is 1. The molecule has 0 radical (unpaired) electrons. The molecule has 2 aromatic rings. The van der Waals surface area contributed by atoms with Gasteiger partial charge in [-0.05, 0) is 18.2 Å². The topological polar surface area (TPSA) is 102 Å². The van der Waals surface area contributed by atoms with Gasteiger partial charge in [-0.3, -0.25) is 14.8 Å². The van der Waals surface area contributed by atoms with E-state index in [4.69, 9.17) is 0 Å². The highest BCUT2D eigenvalue weighted by Gasteiger charge is 2.17. The van der Waals surface area contributed by atoms with Gasteiger partial charge in [-0.2, -0.15) is 4.39 Å². The summed E-state index contributed by atoms with van der Waals surface area (Å²) in [5.41, 5.74) is -0.289. The molecule has 0 bridgehead atoms. The number of nitrogens with one attached hydrogen (secondary N) is 1. The molecule has 0 atom stereocenters. The van der Waals surface area contributed by atoms with Crippen molar-refractivity contribution in [2.75, 3.05) is 4.72 Å². The van der Waals surface area contributed by atoms with Crippen molar-refractivity contribution in [3.63, 3.8) is 0 Å². The zero-order valence-corrected chi connectivity index (χ0v) is 10.7. The molecular formula is C11H8FN3O4S. The van der Waals surface area contributed by atoms with Gasteiger partial charge in [-0.25, -0.2) is 13.4 Å². The third-order valence-electron chi connectivity index (χ3n) is 2.32. The molecule has 0 saturated carbocycles. The second-order valence-corrected chi connectivity index (χ2v) is 5.41. The summed E-state index contributed by atoms with van der Waals surface area (Å²) in [6, 6.07) is 6.77. The third-order valence-corrected chi connectivity index (χ3v) is 3.70. The maximum Gasteiger partial charge on any atom is 0.270 e. The summed E-state index contributed by atoms with van der Waals surface area (Å²) in [5.74, 6) is -0.747. The molecule has 0 aliphatic rings. The van der Waals surface area contributed by atoms with E-state index < -0.39 is 20.9 Å². The lowest BCUT2D eigenvalue weighted by molar-refractivity contribution is -0.385. The van der Waals surface area contributed by atoms with Gasteiger partial charge in [0.25, 0.3) is 15.7 Å². The molecule has 0 aliphatic carbocycles. The van der Waals surface area contributed by atoms with Crippen LogP contribution in [0.5, 0.6) is 0 Å². The summed E-state index contributed by atoms with van der Waals surface area (Å²) < 4.78 is 38.8. The first-order valence-electron chi connectivity index (χ1n) is 5.27. The molecule has 104 valence electrons. The van der Waals surface area contributed by atoms with Crippen LogP contribution in [-0.2, 0) is 10.0 Å². The molecule has 0 spiro atoms. The highest BCUT2D eigenvalue weighted by molar-refractivity contribution is 7.92. The molecule has 0 unspecified atom stereocenters. The molecule has 1 N–H and O–H groups in total. The van der Waals surface area contributed by atoms with Gasteiger partial charge in [0.05, 0.1) is 21.7 Å². The predicted octanol–water partition coefficient (Wildman–Crippen LogP) is 1.93. The van der Waals surface area contributed by atoms with E-state index in [-0.39, 0.29) is 16.3 Å². The predicted molar refractivity (Wildman–Crippen MR) is 68.1 cm³/mol. The van der Waals surface area contributed by atoms with Crippen LogP contribution in [0.2, 0.25) is 0 Å². The van der Waals surface area contributed by atoms with Gasteiger partial charge < -0.3 is 0 Å². The van der Waals surface area contributed by atoms with Crippen LogP contribution in [0.3, 0.4) is 0 Å². The van der Waals surface area contributed by atoms with E-state index >= 15 is 0 Å². The minimum atomic E-state index is -4.00. The van der Waals surface area contributed by atoms with Crippen LogP contribution < -0.4 is 4.72 Å². The zero-order chi connectivity index (χ0) is 14.8. The molecule has 9 heteroatoms. The Hall–Kier alpha value is -2.55. The maximum absolute atomic E-state index is 12.6. The quantitative estimate of drug-likeness (QED) is 0.527. The number of sulfonamides is 1. The van der Waals surface area contributed by atoms with Crippen molar-refractivity contribution in [3.05, 3.63) is 58.7 Å². The lowest BCUT2D eigenvalue weighted by atomic mass is 10.3. The van der Waals surface area contributed by atoms with E-state index in [1.807, 2.05) is 0 Å². The fraction of sp³-hybridized carbons (Fsp3) is 0. The zero-order valence-electron chi connectivity index (χ0n) is 9.86. The van der Waals surface area contributed by atoms with Crippen LogP contribution in [0.4, 0.5) is 15.8 Å². The Labute approximate surface area is 113 Å². The van der Waals surface area contributed by atoms with Gasteiger partial charge in [0, 0.05) is 12.1 Å². The summed E-state index contributed by atoms with van der Waals surface area (Å²) in [7, 11) is -4.00. The van der Waals surface area contributed by atoms with Crippen molar-refractivity contribution in [1.29, 1.82) is 0 Å². The molecule has 20 heavy (non-hydrogen) atoms.